The maximum absolute atomic E-state index is 3.53. The van der Waals surface area contributed by atoms with Crippen LogP contribution in [0.1, 0.15) is 51.6 Å². The molecule has 1 aromatic heterocycles. The Balaban J connectivity index is 2.01. The fourth-order valence-corrected chi connectivity index (χ4v) is 1.74. The van der Waals surface area contributed by atoms with E-state index in [0.29, 0.717) is 6.04 Å². The largest absolute Gasteiger partial charge is 0.364 e. The van der Waals surface area contributed by atoms with Crippen LogP contribution in [0.15, 0.2) is 18.3 Å². The lowest BCUT2D eigenvalue weighted by Crippen LogP contribution is -2.25. The van der Waals surface area contributed by atoms with Crippen LogP contribution in [0.5, 0.6) is 0 Å². The Hall–Kier alpha value is -0.760. The van der Waals surface area contributed by atoms with E-state index in [-0.39, 0.29) is 0 Å². The van der Waals surface area contributed by atoms with Crippen molar-refractivity contribution in [3.8, 4) is 0 Å². The first kappa shape index (κ1) is 12.3. The van der Waals surface area contributed by atoms with Gasteiger partial charge < -0.3 is 10.3 Å². The van der Waals surface area contributed by atoms with Crippen molar-refractivity contribution in [2.24, 2.45) is 0 Å². The molecule has 1 unspecified atom stereocenters. The van der Waals surface area contributed by atoms with E-state index >= 15 is 0 Å². The second-order valence-electron chi connectivity index (χ2n) is 4.33. The van der Waals surface area contributed by atoms with Crippen molar-refractivity contribution in [1.82, 2.24) is 10.3 Å². The molecule has 1 aromatic rings. The van der Waals surface area contributed by atoms with Crippen LogP contribution in [0.4, 0.5) is 0 Å². The van der Waals surface area contributed by atoms with Crippen molar-refractivity contribution < 1.29 is 0 Å². The molecule has 1 heterocycles. The van der Waals surface area contributed by atoms with Crippen LogP contribution in [-0.4, -0.2) is 11.0 Å². The zero-order valence-corrected chi connectivity index (χ0v) is 10.1. The van der Waals surface area contributed by atoms with Crippen LogP contribution in [0, 0.1) is 0 Å². The molecular formula is C13H24N2. The van der Waals surface area contributed by atoms with Gasteiger partial charge in [-0.05, 0) is 25.5 Å². The van der Waals surface area contributed by atoms with Crippen LogP contribution >= 0.6 is 0 Å². The third-order valence-corrected chi connectivity index (χ3v) is 2.79. The lowest BCUT2D eigenvalue weighted by Gasteiger charge is -2.12. The summed E-state index contributed by atoms with van der Waals surface area (Å²) >= 11 is 0. The van der Waals surface area contributed by atoms with E-state index < -0.39 is 0 Å². The highest BCUT2D eigenvalue weighted by Crippen LogP contribution is 2.05. The fourth-order valence-electron chi connectivity index (χ4n) is 1.74. The normalized spacial score (nSPS) is 12.9. The summed E-state index contributed by atoms with van der Waals surface area (Å²) in [5.74, 6) is 0. The van der Waals surface area contributed by atoms with Gasteiger partial charge in [-0.15, -0.1) is 0 Å². The van der Waals surface area contributed by atoms with Gasteiger partial charge in [-0.1, -0.05) is 32.6 Å². The molecule has 0 amide bonds. The Morgan fingerprint density at radius 2 is 2.20 bits per heavy atom. The number of H-pyrrole nitrogens is 1. The summed E-state index contributed by atoms with van der Waals surface area (Å²) in [7, 11) is 0. The Kier molecular flexibility index (Phi) is 6.17. The average molecular weight is 208 g/mol. The standard InChI is InChI=1S/C13H24N2/c1-3-4-5-6-8-12(2)15-11-13-9-7-10-14-13/h7,9-10,12,14-15H,3-6,8,11H2,1-2H3. The Morgan fingerprint density at radius 3 is 2.87 bits per heavy atom. The minimum Gasteiger partial charge on any atom is -0.364 e. The predicted molar refractivity (Wildman–Crippen MR) is 65.9 cm³/mol. The summed E-state index contributed by atoms with van der Waals surface area (Å²) in [5, 5.41) is 3.53. The van der Waals surface area contributed by atoms with Gasteiger partial charge in [0.25, 0.3) is 0 Å². The highest BCUT2D eigenvalue weighted by Gasteiger charge is 2.01. The molecule has 0 bridgehead atoms. The van der Waals surface area contributed by atoms with E-state index in [1.807, 2.05) is 12.3 Å². The van der Waals surface area contributed by atoms with Crippen molar-refractivity contribution in [3.63, 3.8) is 0 Å². The second-order valence-corrected chi connectivity index (χ2v) is 4.33. The van der Waals surface area contributed by atoms with E-state index in [4.69, 9.17) is 0 Å². The summed E-state index contributed by atoms with van der Waals surface area (Å²) < 4.78 is 0. The van der Waals surface area contributed by atoms with Gasteiger partial charge in [-0.25, -0.2) is 0 Å². The van der Waals surface area contributed by atoms with Gasteiger partial charge in [0.15, 0.2) is 0 Å². The quantitative estimate of drug-likeness (QED) is 0.629. The minimum absolute atomic E-state index is 0.630. The van der Waals surface area contributed by atoms with E-state index in [0.717, 1.165) is 6.54 Å². The predicted octanol–water partition coefficient (Wildman–Crippen LogP) is 3.46. The Bertz CT molecular complexity index is 229. The molecule has 0 aliphatic heterocycles. The molecule has 0 spiro atoms. The summed E-state index contributed by atoms with van der Waals surface area (Å²) in [6.07, 6.45) is 8.70. The lowest BCUT2D eigenvalue weighted by atomic mass is 10.1. The van der Waals surface area contributed by atoms with Crippen LogP contribution < -0.4 is 5.32 Å². The zero-order chi connectivity index (χ0) is 10.9. The molecule has 0 aromatic carbocycles. The molecule has 1 atom stereocenters. The van der Waals surface area contributed by atoms with Crippen molar-refractivity contribution in [3.05, 3.63) is 24.0 Å². The van der Waals surface area contributed by atoms with Crippen molar-refractivity contribution in [2.45, 2.75) is 58.5 Å². The van der Waals surface area contributed by atoms with Crippen LogP contribution in [-0.2, 0) is 6.54 Å². The van der Waals surface area contributed by atoms with Gasteiger partial charge in [0.1, 0.15) is 0 Å². The molecule has 15 heavy (non-hydrogen) atoms. The van der Waals surface area contributed by atoms with E-state index in [2.05, 4.69) is 30.2 Å². The molecule has 2 heteroatoms. The third-order valence-electron chi connectivity index (χ3n) is 2.79. The molecule has 2 N–H and O–H groups in total. The molecule has 2 nitrogen and oxygen atoms in total. The molecule has 0 saturated carbocycles. The SMILES string of the molecule is CCCCCCC(C)NCc1ccc[nH]1. The van der Waals surface area contributed by atoms with Gasteiger partial charge in [0, 0.05) is 24.5 Å². The zero-order valence-electron chi connectivity index (χ0n) is 10.1. The minimum atomic E-state index is 0.630. The van der Waals surface area contributed by atoms with Crippen molar-refractivity contribution in [2.75, 3.05) is 0 Å². The van der Waals surface area contributed by atoms with Crippen molar-refractivity contribution in [1.29, 1.82) is 0 Å². The summed E-state index contributed by atoms with van der Waals surface area (Å²) in [5.41, 5.74) is 1.27. The Labute approximate surface area is 93.5 Å². The maximum atomic E-state index is 3.53. The molecule has 0 aliphatic carbocycles. The summed E-state index contributed by atoms with van der Waals surface area (Å²) in [6.45, 7) is 5.49. The van der Waals surface area contributed by atoms with Gasteiger partial charge in [0.2, 0.25) is 0 Å². The van der Waals surface area contributed by atoms with Crippen LogP contribution in [0.3, 0.4) is 0 Å². The first-order valence-electron chi connectivity index (χ1n) is 6.18. The highest BCUT2D eigenvalue weighted by atomic mass is 14.9. The summed E-state index contributed by atoms with van der Waals surface area (Å²) in [6, 6.07) is 4.80. The maximum Gasteiger partial charge on any atom is 0.0359 e. The first-order chi connectivity index (χ1) is 7.33. The number of aromatic amines is 1. The van der Waals surface area contributed by atoms with E-state index in [1.54, 1.807) is 0 Å². The first-order valence-corrected chi connectivity index (χ1v) is 6.18. The Morgan fingerprint density at radius 1 is 1.33 bits per heavy atom. The van der Waals surface area contributed by atoms with Crippen LogP contribution in [0.25, 0.3) is 0 Å². The smallest absolute Gasteiger partial charge is 0.0359 e. The molecule has 0 fully saturated rings. The van der Waals surface area contributed by atoms with Gasteiger partial charge in [0.05, 0.1) is 0 Å². The fraction of sp³-hybridized carbons (Fsp3) is 0.692. The van der Waals surface area contributed by atoms with Gasteiger partial charge in [-0.2, -0.15) is 0 Å². The third kappa shape index (κ3) is 5.63. The average Bonchev–Trinajstić information content (AvgIpc) is 2.74. The number of aromatic nitrogens is 1. The molecule has 1 rings (SSSR count). The number of rotatable bonds is 8. The topological polar surface area (TPSA) is 27.8 Å². The monoisotopic (exact) mass is 208 g/mol. The molecule has 0 aliphatic rings. The van der Waals surface area contributed by atoms with E-state index in [9.17, 15) is 0 Å². The van der Waals surface area contributed by atoms with E-state index in [1.165, 1.54) is 37.8 Å². The van der Waals surface area contributed by atoms with Gasteiger partial charge >= 0.3 is 0 Å². The second kappa shape index (κ2) is 7.52. The lowest BCUT2D eigenvalue weighted by molar-refractivity contribution is 0.480. The van der Waals surface area contributed by atoms with Crippen molar-refractivity contribution >= 4 is 0 Å². The number of hydrogen-bond acceptors (Lipinski definition) is 1. The molecule has 86 valence electrons. The number of nitrogens with one attached hydrogen (secondary N) is 2. The van der Waals surface area contributed by atoms with Gasteiger partial charge in [-0.3, -0.25) is 0 Å². The highest BCUT2D eigenvalue weighted by molar-refractivity contribution is 5.02. The number of hydrogen-bond donors (Lipinski definition) is 2. The molecule has 0 saturated heterocycles. The summed E-state index contributed by atoms with van der Waals surface area (Å²) in [4.78, 5) is 3.21. The molecular weight excluding hydrogens is 184 g/mol. The molecule has 0 radical (unpaired) electrons. The van der Waals surface area contributed by atoms with Crippen LogP contribution in [0.2, 0.25) is 0 Å². The number of unbranched alkanes of at least 4 members (excludes halogenated alkanes) is 3.